The summed E-state index contributed by atoms with van der Waals surface area (Å²) < 4.78 is 1.15. The number of benzene rings is 2. The molecule has 3 N–H and O–H groups in total. The van der Waals surface area contributed by atoms with Crippen molar-refractivity contribution in [2.75, 3.05) is 6.54 Å². The molecule has 152 valence electrons. The number of hydrogen-bond acceptors (Lipinski definition) is 3. The van der Waals surface area contributed by atoms with Crippen LogP contribution in [0.5, 0.6) is 0 Å². The van der Waals surface area contributed by atoms with E-state index in [1.165, 1.54) is 12.3 Å². The van der Waals surface area contributed by atoms with Gasteiger partial charge in [-0.3, -0.25) is 19.1 Å². The van der Waals surface area contributed by atoms with Gasteiger partial charge in [0.05, 0.1) is 0 Å². The fourth-order valence-corrected chi connectivity index (χ4v) is 3.79. The number of carbonyl (C=O) groups is 1. The van der Waals surface area contributed by atoms with Crippen molar-refractivity contribution in [3.63, 3.8) is 0 Å². The first kappa shape index (κ1) is 19.7. The maximum Gasteiger partial charge on any atom is 0.328 e. The van der Waals surface area contributed by atoms with Crippen molar-refractivity contribution < 1.29 is 4.79 Å². The van der Waals surface area contributed by atoms with Crippen LogP contribution in [-0.4, -0.2) is 27.0 Å². The zero-order chi connectivity index (χ0) is 21.1. The van der Waals surface area contributed by atoms with Gasteiger partial charge in [-0.15, -0.1) is 0 Å². The van der Waals surface area contributed by atoms with E-state index in [2.05, 4.69) is 15.3 Å². The molecule has 2 aromatic heterocycles. The van der Waals surface area contributed by atoms with Gasteiger partial charge in [0.1, 0.15) is 6.54 Å². The monoisotopic (exact) mass is 422 g/mol. The SMILES string of the molecule is O=C(Cn1ccc(=O)[nH]c1=O)NCC(c1ccccc1Cl)c1c[nH]c2ccccc12. The molecule has 4 aromatic rings. The van der Waals surface area contributed by atoms with Crippen LogP contribution in [0.4, 0.5) is 0 Å². The van der Waals surface area contributed by atoms with Gasteiger partial charge in [-0.05, 0) is 23.3 Å². The smallest absolute Gasteiger partial charge is 0.328 e. The predicted molar refractivity (Wildman–Crippen MR) is 116 cm³/mol. The summed E-state index contributed by atoms with van der Waals surface area (Å²) in [5.74, 6) is -0.535. The van der Waals surface area contributed by atoms with Gasteiger partial charge in [0.15, 0.2) is 0 Å². The highest BCUT2D eigenvalue weighted by molar-refractivity contribution is 6.31. The number of aromatic nitrogens is 3. The summed E-state index contributed by atoms with van der Waals surface area (Å²) in [6, 6.07) is 16.7. The number of nitrogens with one attached hydrogen (secondary N) is 3. The van der Waals surface area contributed by atoms with E-state index in [0.29, 0.717) is 11.6 Å². The molecule has 7 nitrogen and oxygen atoms in total. The highest BCUT2D eigenvalue weighted by atomic mass is 35.5. The molecule has 0 spiro atoms. The van der Waals surface area contributed by atoms with Crippen molar-refractivity contribution >= 4 is 28.4 Å². The summed E-state index contributed by atoms with van der Waals surface area (Å²) in [6.45, 7) is 0.0985. The van der Waals surface area contributed by atoms with Gasteiger partial charge in [-0.25, -0.2) is 4.79 Å². The Balaban J connectivity index is 1.61. The molecule has 1 unspecified atom stereocenters. The maximum atomic E-state index is 12.5. The quantitative estimate of drug-likeness (QED) is 0.445. The maximum absolute atomic E-state index is 12.5. The molecule has 0 radical (unpaired) electrons. The summed E-state index contributed by atoms with van der Waals surface area (Å²) in [4.78, 5) is 40.9. The van der Waals surface area contributed by atoms with Crippen molar-refractivity contribution in [2.45, 2.75) is 12.5 Å². The lowest BCUT2D eigenvalue weighted by Gasteiger charge is -2.19. The summed E-state index contributed by atoms with van der Waals surface area (Å²) in [6.07, 6.45) is 3.23. The number of rotatable bonds is 6. The van der Waals surface area contributed by atoms with Gasteiger partial charge in [0.25, 0.3) is 5.56 Å². The second kappa shape index (κ2) is 8.42. The van der Waals surface area contributed by atoms with Gasteiger partial charge >= 0.3 is 5.69 Å². The number of amides is 1. The van der Waals surface area contributed by atoms with Crippen LogP contribution in [0.2, 0.25) is 5.02 Å². The number of carbonyl (C=O) groups excluding carboxylic acids is 1. The van der Waals surface area contributed by atoms with Crippen LogP contribution in [0.3, 0.4) is 0 Å². The largest absolute Gasteiger partial charge is 0.361 e. The second-order valence-corrected chi connectivity index (χ2v) is 7.31. The first-order valence-corrected chi connectivity index (χ1v) is 9.77. The average molecular weight is 423 g/mol. The van der Waals surface area contributed by atoms with E-state index in [1.807, 2.05) is 54.7 Å². The molecule has 8 heteroatoms. The van der Waals surface area contributed by atoms with Crippen LogP contribution in [0.25, 0.3) is 10.9 Å². The van der Waals surface area contributed by atoms with Crippen LogP contribution in [0, 0.1) is 0 Å². The van der Waals surface area contributed by atoms with Crippen LogP contribution >= 0.6 is 11.6 Å². The molecular formula is C22H19ClN4O3. The fraction of sp³-hybridized carbons (Fsp3) is 0.136. The van der Waals surface area contributed by atoms with Gasteiger partial charge in [-0.2, -0.15) is 0 Å². The van der Waals surface area contributed by atoms with Crippen molar-refractivity contribution in [2.24, 2.45) is 0 Å². The third-order valence-electron chi connectivity index (χ3n) is 4.99. The highest BCUT2D eigenvalue weighted by Crippen LogP contribution is 2.34. The van der Waals surface area contributed by atoms with E-state index < -0.39 is 11.2 Å². The molecule has 0 aliphatic heterocycles. The summed E-state index contributed by atoms with van der Waals surface area (Å²) in [5, 5.41) is 4.55. The second-order valence-electron chi connectivity index (χ2n) is 6.91. The van der Waals surface area contributed by atoms with E-state index >= 15 is 0 Å². The number of hydrogen-bond donors (Lipinski definition) is 3. The molecule has 0 saturated carbocycles. The third kappa shape index (κ3) is 4.06. The Kier molecular flexibility index (Phi) is 5.54. The Bertz CT molecular complexity index is 1320. The van der Waals surface area contributed by atoms with Crippen molar-refractivity contribution in [1.82, 2.24) is 19.9 Å². The third-order valence-corrected chi connectivity index (χ3v) is 5.34. The minimum Gasteiger partial charge on any atom is -0.361 e. The van der Waals surface area contributed by atoms with E-state index in [4.69, 9.17) is 11.6 Å². The van der Waals surface area contributed by atoms with Crippen molar-refractivity contribution in [3.05, 3.63) is 104 Å². The molecule has 1 amide bonds. The van der Waals surface area contributed by atoms with E-state index in [-0.39, 0.29) is 18.4 Å². The molecule has 0 bridgehead atoms. The molecule has 0 saturated heterocycles. The van der Waals surface area contributed by atoms with Crippen LogP contribution in [0.15, 0.2) is 76.6 Å². The molecule has 4 rings (SSSR count). The summed E-state index contributed by atoms with van der Waals surface area (Å²) >= 11 is 6.47. The first-order chi connectivity index (χ1) is 14.5. The Morgan fingerprint density at radius 1 is 1.03 bits per heavy atom. The molecule has 0 aliphatic rings. The van der Waals surface area contributed by atoms with Crippen molar-refractivity contribution in [1.29, 1.82) is 0 Å². The topological polar surface area (TPSA) is 99.8 Å². The average Bonchev–Trinajstić information content (AvgIpc) is 3.16. The number of para-hydroxylation sites is 1. The first-order valence-electron chi connectivity index (χ1n) is 9.40. The van der Waals surface area contributed by atoms with Crippen LogP contribution < -0.4 is 16.6 Å². The minimum atomic E-state index is -0.628. The van der Waals surface area contributed by atoms with E-state index in [9.17, 15) is 14.4 Å². The molecule has 1 atom stereocenters. The lowest BCUT2D eigenvalue weighted by atomic mass is 9.90. The normalized spacial score (nSPS) is 12.0. The Labute approximate surface area is 176 Å². The summed E-state index contributed by atoms with van der Waals surface area (Å²) in [5.41, 5.74) is 1.77. The van der Waals surface area contributed by atoms with E-state index in [1.54, 1.807) is 0 Å². The molecule has 0 fully saturated rings. The minimum absolute atomic E-state index is 0.189. The molecule has 2 aromatic carbocycles. The van der Waals surface area contributed by atoms with E-state index in [0.717, 1.165) is 26.6 Å². The molecule has 30 heavy (non-hydrogen) atoms. The lowest BCUT2D eigenvalue weighted by molar-refractivity contribution is -0.121. The van der Waals surface area contributed by atoms with Gasteiger partial charge < -0.3 is 10.3 Å². The van der Waals surface area contributed by atoms with Gasteiger partial charge in [0.2, 0.25) is 5.91 Å². The number of aromatic amines is 2. The highest BCUT2D eigenvalue weighted by Gasteiger charge is 2.21. The summed E-state index contributed by atoms with van der Waals surface area (Å²) in [7, 11) is 0. The van der Waals surface area contributed by atoms with Gasteiger partial charge in [-0.1, -0.05) is 48.0 Å². The molecular weight excluding hydrogens is 404 g/mol. The van der Waals surface area contributed by atoms with Crippen molar-refractivity contribution in [3.8, 4) is 0 Å². The Hall–Kier alpha value is -3.58. The predicted octanol–water partition coefficient (Wildman–Crippen LogP) is 2.62. The standard InChI is InChI=1S/C22H19ClN4O3/c23-18-7-3-1-5-14(18)16(17-11-24-19-8-4-2-6-15(17)19)12-25-21(29)13-27-10-9-20(28)26-22(27)30/h1-11,16,24H,12-13H2,(H,25,29)(H,26,28,30). The Morgan fingerprint density at radius 3 is 2.60 bits per heavy atom. The molecule has 2 heterocycles. The number of halogens is 1. The number of nitrogens with zero attached hydrogens (tertiary/aromatic N) is 1. The lowest BCUT2D eigenvalue weighted by Crippen LogP contribution is -2.37. The number of H-pyrrole nitrogens is 2. The number of fused-ring (bicyclic) bond motifs is 1. The zero-order valence-electron chi connectivity index (χ0n) is 15.9. The fourth-order valence-electron chi connectivity index (χ4n) is 3.52. The Morgan fingerprint density at radius 2 is 1.80 bits per heavy atom. The van der Waals surface area contributed by atoms with Crippen LogP contribution in [-0.2, 0) is 11.3 Å². The van der Waals surface area contributed by atoms with Crippen LogP contribution in [0.1, 0.15) is 17.0 Å². The molecule has 0 aliphatic carbocycles. The van der Waals surface area contributed by atoms with Gasteiger partial charge in [0, 0.05) is 46.8 Å². The zero-order valence-corrected chi connectivity index (χ0v) is 16.6.